The summed E-state index contributed by atoms with van der Waals surface area (Å²) in [6.07, 6.45) is 0. The molecule has 0 aliphatic heterocycles. The van der Waals surface area contributed by atoms with Crippen molar-refractivity contribution in [2.24, 2.45) is 0 Å². The minimum absolute atomic E-state index is 0.258. The molecule has 0 fully saturated rings. The summed E-state index contributed by atoms with van der Waals surface area (Å²) in [5.74, 6) is -0.532. The molecular formula is C18H13F2N. The van der Waals surface area contributed by atoms with Gasteiger partial charge in [0.1, 0.15) is 11.6 Å². The fourth-order valence-corrected chi connectivity index (χ4v) is 2.28. The average molecular weight is 281 g/mol. The molecule has 0 aliphatic carbocycles. The number of benzene rings is 2. The zero-order chi connectivity index (χ0) is 14.8. The van der Waals surface area contributed by atoms with Crippen LogP contribution in [0.15, 0.2) is 60.7 Å². The Bertz CT molecular complexity index is 779. The first-order chi connectivity index (χ1) is 10.1. The largest absolute Gasteiger partial charge is 0.248 e. The number of hydrogen-bond acceptors (Lipinski definition) is 1. The molecule has 3 rings (SSSR count). The van der Waals surface area contributed by atoms with Crippen molar-refractivity contribution in [1.29, 1.82) is 0 Å². The highest BCUT2D eigenvalue weighted by Gasteiger charge is 2.07. The van der Waals surface area contributed by atoms with E-state index in [2.05, 4.69) is 4.98 Å². The molecule has 3 heteroatoms. The quantitative estimate of drug-likeness (QED) is 0.644. The molecule has 0 atom stereocenters. The van der Waals surface area contributed by atoms with Gasteiger partial charge in [-0.1, -0.05) is 6.07 Å². The zero-order valence-electron chi connectivity index (χ0n) is 11.5. The van der Waals surface area contributed by atoms with Crippen molar-refractivity contribution >= 4 is 0 Å². The van der Waals surface area contributed by atoms with Crippen molar-refractivity contribution in [3.63, 3.8) is 0 Å². The summed E-state index contributed by atoms with van der Waals surface area (Å²) < 4.78 is 26.2. The molecule has 0 bridgehead atoms. The fraction of sp³-hybridized carbons (Fsp3) is 0.0556. The third-order valence-electron chi connectivity index (χ3n) is 3.35. The van der Waals surface area contributed by atoms with E-state index in [0.29, 0.717) is 0 Å². The summed E-state index contributed by atoms with van der Waals surface area (Å²) in [5.41, 5.74) is 4.10. The van der Waals surface area contributed by atoms with Gasteiger partial charge in [0.15, 0.2) is 0 Å². The van der Waals surface area contributed by atoms with Gasteiger partial charge in [0.2, 0.25) is 0 Å². The van der Waals surface area contributed by atoms with Crippen molar-refractivity contribution in [2.45, 2.75) is 6.92 Å². The Labute approximate surface area is 121 Å². The summed E-state index contributed by atoms with van der Waals surface area (Å²) >= 11 is 0. The van der Waals surface area contributed by atoms with Crippen LogP contribution in [0.4, 0.5) is 8.78 Å². The molecule has 1 nitrogen and oxygen atoms in total. The Hall–Kier alpha value is -2.55. The Morgan fingerprint density at radius 2 is 1.43 bits per heavy atom. The van der Waals surface area contributed by atoms with Gasteiger partial charge in [-0.3, -0.25) is 0 Å². The van der Waals surface area contributed by atoms with E-state index in [-0.39, 0.29) is 11.6 Å². The minimum atomic E-state index is -0.274. The van der Waals surface area contributed by atoms with Gasteiger partial charge in [0, 0.05) is 11.1 Å². The minimum Gasteiger partial charge on any atom is -0.248 e. The molecule has 0 amide bonds. The molecule has 0 radical (unpaired) electrons. The van der Waals surface area contributed by atoms with Crippen molar-refractivity contribution in [3.8, 4) is 22.5 Å². The first-order valence-electron chi connectivity index (χ1n) is 6.63. The van der Waals surface area contributed by atoms with Crippen LogP contribution in [0.1, 0.15) is 5.56 Å². The zero-order valence-corrected chi connectivity index (χ0v) is 11.5. The first kappa shape index (κ1) is 13.4. The van der Waals surface area contributed by atoms with Crippen molar-refractivity contribution < 1.29 is 8.78 Å². The van der Waals surface area contributed by atoms with E-state index in [0.717, 1.165) is 28.1 Å². The van der Waals surface area contributed by atoms with Gasteiger partial charge in [0.05, 0.1) is 11.4 Å². The molecular weight excluding hydrogens is 268 g/mol. The van der Waals surface area contributed by atoms with Gasteiger partial charge in [-0.05, 0) is 67.1 Å². The molecule has 3 aromatic rings. The van der Waals surface area contributed by atoms with Crippen molar-refractivity contribution in [2.75, 3.05) is 0 Å². The van der Waals surface area contributed by atoms with E-state index in [1.807, 2.05) is 25.1 Å². The van der Waals surface area contributed by atoms with Crippen LogP contribution in [0.25, 0.3) is 22.5 Å². The maximum atomic E-state index is 13.2. The highest BCUT2D eigenvalue weighted by atomic mass is 19.1. The monoisotopic (exact) mass is 281 g/mol. The molecule has 0 aliphatic rings. The molecule has 2 aromatic carbocycles. The van der Waals surface area contributed by atoms with Crippen LogP contribution in [-0.4, -0.2) is 4.98 Å². The average Bonchev–Trinajstić information content (AvgIpc) is 2.48. The fourth-order valence-electron chi connectivity index (χ4n) is 2.28. The normalized spacial score (nSPS) is 10.6. The molecule has 0 N–H and O–H groups in total. The number of pyridine rings is 1. The van der Waals surface area contributed by atoms with E-state index < -0.39 is 0 Å². The van der Waals surface area contributed by atoms with Gasteiger partial charge in [-0.15, -0.1) is 0 Å². The Morgan fingerprint density at radius 3 is 2.14 bits per heavy atom. The SMILES string of the molecule is Cc1cc(F)ccc1-c1cccc(-c2ccc(F)cc2)n1. The Balaban J connectivity index is 2.05. The van der Waals surface area contributed by atoms with Gasteiger partial charge >= 0.3 is 0 Å². The van der Waals surface area contributed by atoms with Gasteiger partial charge in [-0.2, -0.15) is 0 Å². The van der Waals surface area contributed by atoms with E-state index in [1.165, 1.54) is 24.3 Å². The molecule has 1 heterocycles. The smallest absolute Gasteiger partial charge is 0.123 e. The standard InChI is InChI=1S/C18H13F2N/c1-12-11-15(20)9-10-16(12)18-4-2-3-17(21-18)13-5-7-14(19)8-6-13/h2-11H,1H3. The second-order valence-corrected chi connectivity index (χ2v) is 4.87. The number of aromatic nitrogens is 1. The summed E-state index contributed by atoms with van der Waals surface area (Å²) in [7, 11) is 0. The predicted octanol–water partition coefficient (Wildman–Crippen LogP) is 5.00. The van der Waals surface area contributed by atoms with E-state index in [9.17, 15) is 8.78 Å². The van der Waals surface area contributed by atoms with Crippen molar-refractivity contribution in [1.82, 2.24) is 4.98 Å². The maximum Gasteiger partial charge on any atom is 0.123 e. The summed E-state index contributed by atoms with van der Waals surface area (Å²) in [4.78, 5) is 4.59. The van der Waals surface area contributed by atoms with Gasteiger partial charge in [-0.25, -0.2) is 13.8 Å². The second-order valence-electron chi connectivity index (χ2n) is 4.87. The van der Waals surface area contributed by atoms with Crippen LogP contribution in [0.5, 0.6) is 0 Å². The third kappa shape index (κ3) is 2.82. The van der Waals surface area contributed by atoms with Crippen LogP contribution >= 0.6 is 0 Å². The molecule has 0 saturated carbocycles. The van der Waals surface area contributed by atoms with Crippen LogP contribution in [0, 0.1) is 18.6 Å². The number of nitrogens with zero attached hydrogens (tertiary/aromatic N) is 1. The lowest BCUT2D eigenvalue weighted by Gasteiger charge is -2.08. The number of rotatable bonds is 2. The maximum absolute atomic E-state index is 13.2. The van der Waals surface area contributed by atoms with Crippen LogP contribution in [0.3, 0.4) is 0 Å². The molecule has 0 spiro atoms. The van der Waals surface area contributed by atoms with Crippen LogP contribution in [-0.2, 0) is 0 Å². The molecule has 0 saturated heterocycles. The third-order valence-corrected chi connectivity index (χ3v) is 3.35. The van der Waals surface area contributed by atoms with E-state index in [1.54, 1.807) is 18.2 Å². The highest BCUT2D eigenvalue weighted by Crippen LogP contribution is 2.25. The van der Waals surface area contributed by atoms with Crippen LogP contribution < -0.4 is 0 Å². The van der Waals surface area contributed by atoms with E-state index >= 15 is 0 Å². The molecule has 104 valence electrons. The lowest BCUT2D eigenvalue weighted by molar-refractivity contribution is 0.626. The number of aryl methyl sites for hydroxylation is 1. The topological polar surface area (TPSA) is 12.9 Å². The Kier molecular flexibility index (Phi) is 3.48. The van der Waals surface area contributed by atoms with Gasteiger partial charge in [0.25, 0.3) is 0 Å². The first-order valence-corrected chi connectivity index (χ1v) is 6.63. The summed E-state index contributed by atoms with van der Waals surface area (Å²) in [6.45, 7) is 1.85. The summed E-state index contributed by atoms with van der Waals surface area (Å²) in [5, 5.41) is 0. The lowest BCUT2D eigenvalue weighted by Crippen LogP contribution is -1.91. The lowest BCUT2D eigenvalue weighted by atomic mass is 10.0. The van der Waals surface area contributed by atoms with Crippen LogP contribution in [0.2, 0.25) is 0 Å². The Morgan fingerprint density at radius 1 is 0.762 bits per heavy atom. The predicted molar refractivity (Wildman–Crippen MR) is 79.8 cm³/mol. The van der Waals surface area contributed by atoms with Crippen molar-refractivity contribution in [3.05, 3.63) is 77.9 Å². The second kappa shape index (κ2) is 5.44. The molecule has 0 unspecified atom stereocenters. The van der Waals surface area contributed by atoms with Gasteiger partial charge < -0.3 is 0 Å². The summed E-state index contributed by atoms with van der Waals surface area (Å²) in [6, 6.07) is 16.5. The highest BCUT2D eigenvalue weighted by molar-refractivity contribution is 5.68. The number of halogens is 2. The van der Waals surface area contributed by atoms with E-state index in [4.69, 9.17) is 0 Å². The molecule has 21 heavy (non-hydrogen) atoms. The molecule has 1 aromatic heterocycles. The number of hydrogen-bond donors (Lipinski definition) is 0.